The molecule has 1 amide bonds. The number of hydrogen-bond donors (Lipinski definition) is 0. The highest BCUT2D eigenvalue weighted by atomic mass is 32.2. The standard InChI is InChI=1S/C18H21FN2O3S2/c1-3-10-21(26(2,23)24)14-18(22)20(13-17-5-4-11-25-17)12-15-6-8-16(19)9-7-15/h3-9,11H,1,10,12-14H2,2H3. The molecule has 0 saturated carbocycles. The van der Waals surface area contributed by atoms with Gasteiger partial charge in [-0.25, -0.2) is 12.8 Å². The first kappa shape index (κ1) is 20.3. The smallest absolute Gasteiger partial charge is 0.238 e. The molecular formula is C18H21FN2O3S2. The fourth-order valence-corrected chi connectivity index (χ4v) is 3.79. The van der Waals surface area contributed by atoms with Crippen LogP contribution in [-0.2, 0) is 27.9 Å². The van der Waals surface area contributed by atoms with Crippen LogP contribution in [0.1, 0.15) is 10.4 Å². The van der Waals surface area contributed by atoms with Crippen molar-refractivity contribution in [2.45, 2.75) is 13.1 Å². The Balaban J connectivity index is 2.19. The van der Waals surface area contributed by atoms with Gasteiger partial charge in [0.15, 0.2) is 0 Å². The van der Waals surface area contributed by atoms with Gasteiger partial charge in [-0.05, 0) is 29.1 Å². The Bertz CT molecular complexity index is 834. The summed E-state index contributed by atoms with van der Waals surface area (Å²) in [6.07, 6.45) is 2.51. The molecule has 2 rings (SSSR count). The molecule has 0 saturated heterocycles. The second kappa shape index (κ2) is 9.07. The van der Waals surface area contributed by atoms with Crippen molar-refractivity contribution in [2.75, 3.05) is 19.3 Å². The lowest BCUT2D eigenvalue weighted by Crippen LogP contribution is -2.42. The van der Waals surface area contributed by atoms with E-state index in [1.807, 2.05) is 17.5 Å². The van der Waals surface area contributed by atoms with Crippen LogP contribution in [-0.4, -0.2) is 42.9 Å². The number of nitrogens with zero attached hydrogens (tertiary/aromatic N) is 2. The Labute approximate surface area is 157 Å². The van der Waals surface area contributed by atoms with Gasteiger partial charge in [-0.15, -0.1) is 17.9 Å². The van der Waals surface area contributed by atoms with Gasteiger partial charge in [0.25, 0.3) is 0 Å². The van der Waals surface area contributed by atoms with E-state index in [2.05, 4.69) is 6.58 Å². The summed E-state index contributed by atoms with van der Waals surface area (Å²) in [6.45, 7) is 3.96. The van der Waals surface area contributed by atoms with Crippen LogP contribution >= 0.6 is 11.3 Å². The lowest BCUT2D eigenvalue weighted by molar-refractivity contribution is -0.132. The van der Waals surface area contributed by atoms with E-state index in [1.165, 1.54) is 29.5 Å². The molecule has 26 heavy (non-hydrogen) atoms. The van der Waals surface area contributed by atoms with Crippen LogP contribution in [0, 0.1) is 5.82 Å². The maximum Gasteiger partial charge on any atom is 0.238 e. The van der Waals surface area contributed by atoms with Crippen molar-refractivity contribution in [3.63, 3.8) is 0 Å². The van der Waals surface area contributed by atoms with E-state index >= 15 is 0 Å². The molecule has 140 valence electrons. The minimum Gasteiger partial charge on any atom is -0.332 e. The Morgan fingerprint density at radius 2 is 1.92 bits per heavy atom. The molecule has 0 unspecified atom stereocenters. The highest BCUT2D eigenvalue weighted by molar-refractivity contribution is 7.88. The highest BCUT2D eigenvalue weighted by Crippen LogP contribution is 2.16. The van der Waals surface area contributed by atoms with E-state index in [0.717, 1.165) is 21.0 Å². The number of rotatable bonds is 9. The zero-order valence-electron chi connectivity index (χ0n) is 14.5. The van der Waals surface area contributed by atoms with E-state index in [9.17, 15) is 17.6 Å². The quantitative estimate of drug-likeness (QED) is 0.613. The fourth-order valence-electron chi connectivity index (χ4n) is 2.35. The minimum atomic E-state index is -3.53. The van der Waals surface area contributed by atoms with Gasteiger partial charge < -0.3 is 4.90 Å². The van der Waals surface area contributed by atoms with Crippen molar-refractivity contribution in [3.05, 3.63) is 70.7 Å². The Hall–Kier alpha value is -2.03. The van der Waals surface area contributed by atoms with Gasteiger partial charge >= 0.3 is 0 Å². The molecule has 8 heteroatoms. The first-order chi connectivity index (χ1) is 12.3. The van der Waals surface area contributed by atoms with Gasteiger partial charge in [-0.3, -0.25) is 4.79 Å². The second-order valence-corrected chi connectivity index (χ2v) is 8.81. The van der Waals surface area contributed by atoms with Crippen LogP contribution in [0.25, 0.3) is 0 Å². The zero-order valence-corrected chi connectivity index (χ0v) is 16.1. The Morgan fingerprint density at radius 3 is 2.46 bits per heavy atom. The van der Waals surface area contributed by atoms with Crippen LogP contribution in [0.2, 0.25) is 0 Å². The molecule has 0 N–H and O–H groups in total. The summed E-state index contributed by atoms with van der Waals surface area (Å²) in [5.74, 6) is -0.672. The van der Waals surface area contributed by atoms with Crippen molar-refractivity contribution in [1.29, 1.82) is 0 Å². The summed E-state index contributed by atoms with van der Waals surface area (Å²) >= 11 is 1.51. The van der Waals surface area contributed by atoms with Crippen molar-refractivity contribution in [3.8, 4) is 0 Å². The van der Waals surface area contributed by atoms with E-state index in [1.54, 1.807) is 17.0 Å². The third kappa shape index (κ3) is 6.05. The van der Waals surface area contributed by atoms with Gasteiger partial charge in [0, 0.05) is 18.0 Å². The molecule has 5 nitrogen and oxygen atoms in total. The number of sulfonamides is 1. The molecule has 0 aliphatic heterocycles. The van der Waals surface area contributed by atoms with E-state index < -0.39 is 10.0 Å². The van der Waals surface area contributed by atoms with Gasteiger partial charge in [-0.1, -0.05) is 24.3 Å². The van der Waals surface area contributed by atoms with Crippen LogP contribution in [0.5, 0.6) is 0 Å². The van der Waals surface area contributed by atoms with E-state index in [4.69, 9.17) is 0 Å². The normalized spacial score (nSPS) is 11.5. The number of amides is 1. The number of carbonyl (C=O) groups excluding carboxylic acids is 1. The monoisotopic (exact) mass is 396 g/mol. The van der Waals surface area contributed by atoms with E-state index in [-0.39, 0.29) is 31.4 Å². The van der Waals surface area contributed by atoms with Crippen LogP contribution in [0.4, 0.5) is 4.39 Å². The van der Waals surface area contributed by atoms with Gasteiger partial charge in [0.2, 0.25) is 15.9 Å². The summed E-state index contributed by atoms with van der Waals surface area (Å²) < 4.78 is 37.9. The molecule has 0 aliphatic rings. The topological polar surface area (TPSA) is 57.7 Å². The summed E-state index contributed by atoms with van der Waals surface area (Å²) in [5.41, 5.74) is 0.769. The van der Waals surface area contributed by atoms with E-state index in [0.29, 0.717) is 6.54 Å². The third-order valence-corrected chi connectivity index (χ3v) is 5.76. The maximum atomic E-state index is 13.1. The number of halogens is 1. The van der Waals surface area contributed by atoms with Crippen molar-refractivity contribution < 1.29 is 17.6 Å². The SMILES string of the molecule is C=CCN(CC(=O)N(Cc1ccc(F)cc1)Cc1cccs1)S(C)(=O)=O. The molecule has 1 aromatic heterocycles. The Morgan fingerprint density at radius 1 is 1.23 bits per heavy atom. The van der Waals surface area contributed by atoms with Gasteiger partial charge in [-0.2, -0.15) is 4.31 Å². The summed E-state index contributed by atoms with van der Waals surface area (Å²) in [4.78, 5) is 15.3. The van der Waals surface area contributed by atoms with Crippen LogP contribution in [0.3, 0.4) is 0 Å². The predicted molar refractivity (Wildman–Crippen MR) is 102 cm³/mol. The van der Waals surface area contributed by atoms with Crippen molar-refractivity contribution in [2.24, 2.45) is 0 Å². The molecular weight excluding hydrogens is 375 g/mol. The molecule has 0 radical (unpaired) electrons. The Kier molecular flexibility index (Phi) is 7.07. The van der Waals surface area contributed by atoms with Gasteiger partial charge in [0.05, 0.1) is 19.3 Å². The minimum absolute atomic E-state index is 0.0635. The molecule has 2 aromatic rings. The maximum absolute atomic E-state index is 13.1. The zero-order chi connectivity index (χ0) is 19.2. The molecule has 0 fully saturated rings. The lowest BCUT2D eigenvalue weighted by atomic mass is 10.2. The predicted octanol–water partition coefficient (Wildman–Crippen LogP) is 2.86. The molecule has 0 aliphatic carbocycles. The average molecular weight is 397 g/mol. The number of hydrogen-bond acceptors (Lipinski definition) is 4. The largest absolute Gasteiger partial charge is 0.332 e. The molecule has 0 spiro atoms. The van der Waals surface area contributed by atoms with Gasteiger partial charge in [0.1, 0.15) is 5.82 Å². The second-order valence-electron chi connectivity index (χ2n) is 5.80. The highest BCUT2D eigenvalue weighted by Gasteiger charge is 2.23. The number of thiophene rings is 1. The molecule has 0 atom stereocenters. The average Bonchev–Trinajstić information content (AvgIpc) is 3.08. The first-order valence-corrected chi connectivity index (χ1v) is 10.6. The number of carbonyl (C=O) groups is 1. The summed E-state index contributed by atoms with van der Waals surface area (Å²) in [7, 11) is -3.53. The first-order valence-electron chi connectivity index (χ1n) is 7.90. The summed E-state index contributed by atoms with van der Waals surface area (Å²) in [5, 5.41) is 1.91. The fraction of sp³-hybridized carbons (Fsp3) is 0.278. The molecule has 1 heterocycles. The third-order valence-electron chi connectivity index (χ3n) is 3.68. The lowest BCUT2D eigenvalue weighted by Gasteiger charge is -2.26. The molecule has 0 bridgehead atoms. The van der Waals surface area contributed by atoms with Crippen LogP contribution < -0.4 is 0 Å². The molecule has 1 aromatic carbocycles. The number of benzene rings is 1. The van der Waals surface area contributed by atoms with Crippen LogP contribution in [0.15, 0.2) is 54.4 Å². The van der Waals surface area contributed by atoms with Crippen molar-refractivity contribution >= 4 is 27.3 Å². The summed E-state index contributed by atoms with van der Waals surface area (Å²) in [6, 6.07) is 9.70. The van der Waals surface area contributed by atoms with Crippen molar-refractivity contribution in [1.82, 2.24) is 9.21 Å².